The summed E-state index contributed by atoms with van der Waals surface area (Å²) in [6.45, 7) is 3.89. The molecule has 6 unspecified atom stereocenters. The number of rotatable bonds is 5. The molecule has 12 heteroatoms. The van der Waals surface area contributed by atoms with E-state index in [1.165, 1.54) is 4.31 Å². The van der Waals surface area contributed by atoms with E-state index in [2.05, 4.69) is 0 Å². The van der Waals surface area contributed by atoms with Crippen LogP contribution in [0.3, 0.4) is 0 Å². The number of carbonyl (C=O) groups is 1. The highest BCUT2D eigenvalue weighted by Crippen LogP contribution is 2.48. The van der Waals surface area contributed by atoms with Gasteiger partial charge in [0, 0.05) is 13.1 Å². The van der Waals surface area contributed by atoms with E-state index in [1.807, 2.05) is 24.6 Å². The van der Waals surface area contributed by atoms with Crippen molar-refractivity contribution in [1.29, 1.82) is 0 Å². The van der Waals surface area contributed by atoms with Crippen LogP contribution in [-0.4, -0.2) is 80.2 Å². The van der Waals surface area contributed by atoms with E-state index in [9.17, 15) is 26.7 Å². The van der Waals surface area contributed by atoms with Gasteiger partial charge in [-0.05, 0) is 49.4 Å². The first-order chi connectivity index (χ1) is 14.9. The maximum Gasteiger partial charge on any atom is 0.304 e. The zero-order chi connectivity index (χ0) is 23.4. The van der Waals surface area contributed by atoms with Gasteiger partial charge in [0.15, 0.2) is 0 Å². The summed E-state index contributed by atoms with van der Waals surface area (Å²) in [6, 6.07) is -1.29. The fourth-order valence-electron chi connectivity index (χ4n) is 5.87. The van der Waals surface area contributed by atoms with Gasteiger partial charge in [0.05, 0.1) is 24.4 Å². The lowest BCUT2D eigenvalue weighted by molar-refractivity contribution is -0.119. The van der Waals surface area contributed by atoms with Crippen LogP contribution < -0.4 is 4.72 Å². The van der Waals surface area contributed by atoms with E-state index in [-0.39, 0.29) is 29.9 Å². The van der Waals surface area contributed by atoms with Gasteiger partial charge in [0.25, 0.3) is 0 Å². The highest BCUT2D eigenvalue weighted by atomic mass is 32.2. The zero-order valence-electron chi connectivity index (χ0n) is 18.4. The van der Waals surface area contributed by atoms with Crippen molar-refractivity contribution < 1.29 is 31.1 Å². The second-order valence-electron chi connectivity index (χ2n) is 9.99. The Morgan fingerprint density at radius 1 is 1.25 bits per heavy atom. The predicted octanol–water partition coefficient (Wildman–Crippen LogP) is 0.395. The fourth-order valence-corrected chi connectivity index (χ4v) is 8.90. The molecule has 6 atom stereocenters. The molecule has 2 N–H and O–H groups in total. The Labute approximate surface area is 189 Å². The van der Waals surface area contributed by atoms with Gasteiger partial charge in [-0.3, -0.25) is 4.79 Å². The van der Waals surface area contributed by atoms with Crippen LogP contribution >= 0.6 is 0 Å². The van der Waals surface area contributed by atoms with Crippen LogP contribution in [0.5, 0.6) is 0 Å². The van der Waals surface area contributed by atoms with Gasteiger partial charge >= 0.3 is 10.2 Å². The molecule has 9 nitrogen and oxygen atoms in total. The summed E-state index contributed by atoms with van der Waals surface area (Å²) in [5.74, 6) is -1.10. The number of halogens is 1. The minimum absolute atomic E-state index is 0.0274. The first kappa shape index (κ1) is 24.1. The molecule has 182 valence electrons. The minimum Gasteiger partial charge on any atom is -0.391 e. The number of aliphatic hydroxyl groups is 1. The van der Waals surface area contributed by atoms with Gasteiger partial charge in [0.1, 0.15) is 6.17 Å². The highest BCUT2D eigenvalue weighted by molar-refractivity contribution is 7.89. The molecule has 2 aliphatic carbocycles. The first-order valence-corrected chi connectivity index (χ1v) is 14.2. The van der Waals surface area contributed by atoms with Gasteiger partial charge in [-0.2, -0.15) is 17.0 Å². The number of carbonyl (C=O) groups excluding carboxylic acids is 1. The second kappa shape index (κ2) is 8.61. The van der Waals surface area contributed by atoms with E-state index < -0.39 is 56.9 Å². The number of hydrogen-bond donors (Lipinski definition) is 2. The molecule has 2 saturated carbocycles. The largest absolute Gasteiger partial charge is 0.391 e. The van der Waals surface area contributed by atoms with E-state index in [4.69, 9.17) is 0 Å². The van der Waals surface area contributed by atoms with Crippen molar-refractivity contribution in [1.82, 2.24) is 13.3 Å². The summed E-state index contributed by atoms with van der Waals surface area (Å²) in [7, 11) is -7.50. The van der Waals surface area contributed by atoms with Gasteiger partial charge in [-0.1, -0.05) is 25.5 Å². The van der Waals surface area contributed by atoms with Crippen molar-refractivity contribution in [3.63, 3.8) is 0 Å². The van der Waals surface area contributed by atoms with Crippen molar-refractivity contribution in [3.05, 3.63) is 11.6 Å². The average Bonchev–Trinajstić information content (AvgIpc) is 3.26. The highest BCUT2D eigenvalue weighted by Gasteiger charge is 2.54. The molecule has 2 heterocycles. The van der Waals surface area contributed by atoms with Gasteiger partial charge < -0.3 is 5.11 Å². The van der Waals surface area contributed by atoms with Gasteiger partial charge in [0.2, 0.25) is 15.9 Å². The topological polar surface area (TPSA) is 124 Å². The molecular formula is C20H32FN3O6S2. The van der Waals surface area contributed by atoms with E-state index in [0.717, 1.165) is 16.3 Å². The number of nitrogens with zero attached hydrogens (tertiary/aromatic N) is 2. The molecule has 0 spiro atoms. The molecule has 32 heavy (non-hydrogen) atoms. The van der Waals surface area contributed by atoms with Crippen molar-refractivity contribution in [3.8, 4) is 0 Å². The molecule has 1 amide bonds. The Kier molecular flexibility index (Phi) is 6.47. The molecule has 0 aromatic heterocycles. The SMILES string of the molecule is CC(C)CS(=O)(=O)N1CC=C(C2CCC3CC(O)C(N4CC(=O)NS4(=O)=O)C(F)C3C2)C1. The lowest BCUT2D eigenvalue weighted by Gasteiger charge is -2.48. The summed E-state index contributed by atoms with van der Waals surface area (Å²) >= 11 is 0. The summed E-state index contributed by atoms with van der Waals surface area (Å²) in [6.07, 6.45) is 1.41. The van der Waals surface area contributed by atoms with E-state index in [1.54, 1.807) is 0 Å². The molecule has 0 aromatic carbocycles. The number of sulfonamides is 1. The van der Waals surface area contributed by atoms with Crippen molar-refractivity contribution in [2.75, 3.05) is 25.4 Å². The Morgan fingerprint density at radius 3 is 2.59 bits per heavy atom. The third-order valence-corrected chi connectivity index (χ3v) is 10.9. The third-order valence-electron chi connectivity index (χ3n) is 7.28. The fraction of sp³-hybridized carbons (Fsp3) is 0.850. The van der Waals surface area contributed by atoms with Crippen molar-refractivity contribution >= 4 is 26.1 Å². The molecule has 1 saturated heterocycles. The maximum absolute atomic E-state index is 15.7. The predicted molar refractivity (Wildman–Crippen MR) is 116 cm³/mol. The van der Waals surface area contributed by atoms with Crippen LogP contribution in [0.4, 0.5) is 4.39 Å². The lowest BCUT2D eigenvalue weighted by atomic mass is 9.63. The van der Waals surface area contributed by atoms with Crippen LogP contribution in [0.2, 0.25) is 0 Å². The maximum atomic E-state index is 15.7. The van der Waals surface area contributed by atoms with E-state index >= 15 is 4.39 Å². The quantitative estimate of drug-likeness (QED) is 0.534. The summed E-state index contributed by atoms with van der Waals surface area (Å²) in [5, 5.41) is 10.6. The Balaban J connectivity index is 1.46. The zero-order valence-corrected chi connectivity index (χ0v) is 20.0. The number of alkyl halides is 1. The summed E-state index contributed by atoms with van der Waals surface area (Å²) < 4.78 is 69.4. The molecule has 0 aromatic rings. The average molecular weight is 494 g/mol. The number of fused-ring (bicyclic) bond motifs is 1. The summed E-state index contributed by atoms with van der Waals surface area (Å²) in [4.78, 5) is 11.6. The number of aliphatic hydroxyl groups excluding tert-OH is 1. The van der Waals surface area contributed by atoms with Crippen LogP contribution in [0, 0.1) is 23.7 Å². The molecule has 0 bridgehead atoms. The standard InChI is InChI=1S/C20H32FN3O6S2/c1-12(2)11-31(27,28)23-6-5-15(9-23)13-3-4-14-8-17(25)20(19(21)16(14)7-13)24-10-18(26)22-32(24,29)30/h5,12-14,16-17,19-20,25H,3-4,6-11H2,1-2H3,(H,22,26). The number of amides is 1. The smallest absolute Gasteiger partial charge is 0.304 e. The number of nitrogens with one attached hydrogen (secondary N) is 1. The molecule has 3 fully saturated rings. The van der Waals surface area contributed by atoms with Crippen molar-refractivity contribution in [2.24, 2.45) is 23.7 Å². The number of hydrogen-bond acceptors (Lipinski definition) is 6. The molecule has 2 aliphatic heterocycles. The first-order valence-electron chi connectivity index (χ1n) is 11.2. The van der Waals surface area contributed by atoms with Crippen LogP contribution in [0.1, 0.15) is 39.5 Å². The van der Waals surface area contributed by atoms with Gasteiger partial charge in [-0.15, -0.1) is 0 Å². The Morgan fingerprint density at radius 2 is 1.97 bits per heavy atom. The Bertz CT molecular complexity index is 999. The van der Waals surface area contributed by atoms with Crippen LogP contribution in [0.25, 0.3) is 0 Å². The van der Waals surface area contributed by atoms with Crippen LogP contribution in [0.15, 0.2) is 11.6 Å². The third kappa shape index (κ3) is 4.48. The van der Waals surface area contributed by atoms with Crippen LogP contribution in [-0.2, 0) is 25.0 Å². The summed E-state index contributed by atoms with van der Waals surface area (Å²) in [5.41, 5.74) is 0.997. The van der Waals surface area contributed by atoms with Crippen molar-refractivity contribution in [2.45, 2.75) is 57.8 Å². The molecule has 4 rings (SSSR count). The lowest BCUT2D eigenvalue weighted by Crippen LogP contribution is -2.58. The minimum atomic E-state index is -4.15. The molecule has 0 radical (unpaired) electrons. The molecule has 4 aliphatic rings. The molecular weight excluding hydrogens is 461 g/mol. The second-order valence-corrected chi connectivity index (χ2v) is 13.6. The normalized spacial score (nSPS) is 38.5. The van der Waals surface area contributed by atoms with Gasteiger partial charge in [-0.25, -0.2) is 17.5 Å². The Hall–Kier alpha value is -1.08. The monoisotopic (exact) mass is 493 g/mol. The van der Waals surface area contributed by atoms with E-state index in [0.29, 0.717) is 25.9 Å².